The number of unbranched alkanes of at least 4 members (excludes halogenated alkanes) is 1. The molecule has 1 aliphatic rings. The SMILES string of the molecule is CCCC[C@@]1([Si](C)(C)C(C)(C)C)[C@@H](c2ccccc2)N1c1ccccc1. The molecule has 1 saturated heterocycles. The molecule has 2 atom stereocenters. The highest BCUT2D eigenvalue weighted by Crippen LogP contribution is 2.66. The first-order valence-corrected chi connectivity index (χ1v) is 13.2. The zero-order chi connectivity index (χ0) is 19.0. The van der Waals surface area contributed by atoms with E-state index in [1.54, 1.807) is 0 Å². The summed E-state index contributed by atoms with van der Waals surface area (Å²) in [5.41, 5.74) is 2.87. The second-order valence-corrected chi connectivity index (χ2v) is 15.0. The molecule has 2 aromatic rings. The Hall–Kier alpha value is -1.54. The fourth-order valence-corrected chi connectivity index (χ4v) is 8.54. The summed E-state index contributed by atoms with van der Waals surface area (Å²) >= 11 is 0. The van der Waals surface area contributed by atoms with Gasteiger partial charge >= 0.3 is 0 Å². The summed E-state index contributed by atoms with van der Waals surface area (Å²) in [6, 6.07) is 22.8. The van der Waals surface area contributed by atoms with Crippen LogP contribution in [0, 0.1) is 0 Å². The molecule has 1 nitrogen and oxygen atoms in total. The summed E-state index contributed by atoms with van der Waals surface area (Å²) in [4.78, 5) is 2.77. The van der Waals surface area contributed by atoms with Gasteiger partial charge < -0.3 is 4.90 Å². The van der Waals surface area contributed by atoms with E-state index in [4.69, 9.17) is 0 Å². The van der Waals surface area contributed by atoms with Crippen LogP contribution in [0.15, 0.2) is 60.7 Å². The molecular formula is C24H35NSi. The van der Waals surface area contributed by atoms with Crippen LogP contribution in [-0.2, 0) is 0 Å². The second-order valence-electron chi connectivity index (χ2n) is 9.42. The number of para-hydroxylation sites is 1. The van der Waals surface area contributed by atoms with Crippen molar-refractivity contribution < 1.29 is 0 Å². The molecule has 1 fully saturated rings. The van der Waals surface area contributed by atoms with Gasteiger partial charge in [-0.1, -0.05) is 102 Å². The Kier molecular flexibility index (Phi) is 5.09. The van der Waals surface area contributed by atoms with Crippen molar-refractivity contribution in [2.45, 2.75) is 76.3 Å². The summed E-state index contributed by atoms with van der Waals surface area (Å²) in [5.74, 6) is 0. The second kappa shape index (κ2) is 6.88. The molecule has 26 heavy (non-hydrogen) atoms. The molecule has 2 aromatic carbocycles. The standard InChI is InChI=1S/C24H35NSi/c1-7-8-19-24(26(5,6)23(2,3)4)22(20-15-11-9-12-16-20)25(24)21-17-13-10-14-18-21/h9-18,22H,7-8,19H2,1-6H3/t22-,24-,25?/m1/s1. The molecule has 0 unspecified atom stereocenters. The molecule has 3 rings (SSSR count). The third-order valence-corrected chi connectivity index (χ3v) is 13.8. The Balaban J connectivity index is 2.15. The normalized spacial score (nSPS) is 23.2. The van der Waals surface area contributed by atoms with E-state index in [0.717, 1.165) is 0 Å². The highest BCUT2D eigenvalue weighted by atomic mass is 28.3. The minimum Gasteiger partial charge on any atom is -0.357 e. The van der Waals surface area contributed by atoms with E-state index in [-0.39, 0.29) is 0 Å². The molecule has 0 N–H and O–H groups in total. The maximum absolute atomic E-state index is 2.77. The minimum absolute atomic E-state index is 0.296. The van der Waals surface area contributed by atoms with E-state index in [9.17, 15) is 0 Å². The molecule has 0 aromatic heterocycles. The average molecular weight is 366 g/mol. The lowest BCUT2D eigenvalue weighted by atomic mass is 10.1. The number of rotatable bonds is 6. The van der Waals surface area contributed by atoms with E-state index in [2.05, 4.69) is 106 Å². The van der Waals surface area contributed by atoms with Crippen molar-refractivity contribution in [1.29, 1.82) is 0 Å². The maximum Gasteiger partial charge on any atom is 0.0858 e. The topological polar surface area (TPSA) is 3.01 Å². The molecular weight excluding hydrogens is 330 g/mol. The lowest BCUT2D eigenvalue weighted by Crippen LogP contribution is -2.54. The summed E-state index contributed by atoms with van der Waals surface area (Å²) in [6.07, 6.45) is 3.87. The highest BCUT2D eigenvalue weighted by molar-refractivity contribution is 6.85. The molecule has 140 valence electrons. The monoisotopic (exact) mass is 365 g/mol. The molecule has 0 radical (unpaired) electrons. The molecule has 0 saturated carbocycles. The molecule has 0 bridgehead atoms. The summed E-state index contributed by atoms with van der Waals surface area (Å²) in [6.45, 7) is 15.0. The van der Waals surface area contributed by atoms with Gasteiger partial charge in [0.05, 0.1) is 19.3 Å². The van der Waals surface area contributed by atoms with E-state index < -0.39 is 8.07 Å². The fraction of sp³-hybridized carbons (Fsp3) is 0.500. The average Bonchev–Trinajstić information content (AvgIpc) is 3.31. The van der Waals surface area contributed by atoms with Gasteiger partial charge in [-0.2, -0.15) is 0 Å². The van der Waals surface area contributed by atoms with Gasteiger partial charge in [-0.05, 0) is 29.2 Å². The van der Waals surface area contributed by atoms with Crippen LogP contribution in [0.1, 0.15) is 58.6 Å². The van der Waals surface area contributed by atoms with Gasteiger partial charge in [-0.15, -0.1) is 0 Å². The van der Waals surface area contributed by atoms with Crippen LogP contribution in [0.4, 0.5) is 5.69 Å². The predicted octanol–water partition coefficient (Wildman–Crippen LogP) is 7.22. The molecule has 1 heterocycles. The minimum atomic E-state index is -1.62. The quantitative estimate of drug-likeness (QED) is 0.385. The van der Waals surface area contributed by atoms with Gasteiger partial charge in [0.25, 0.3) is 0 Å². The molecule has 1 aliphatic heterocycles. The lowest BCUT2D eigenvalue weighted by molar-refractivity contribution is 0.600. The van der Waals surface area contributed by atoms with E-state index in [0.29, 0.717) is 16.2 Å². The van der Waals surface area contributed by atoms with Crippen LogP contribution in [0.25, 0.3) is 0 Å². The van der Waals surface area contributed by atoms with Crippen molar-refractivity contribution in [2.75, 3.05) is 4.90 Å². The van der Waals surface area contributed by atoms with Gasteiger partial charge in [-0.3, -0.25) is 0 Å². The largest absolute Gasteiger partial charge is 0.357 e. The Morgan fingerprint density at radius 2 is 1.46 bits per heavy atom. The van der Waals surface area contributed by atoms with Gasteiger partial charge in [0, 0.05) is 5.69 Å². The molecule has 0 spiro atoms. The van der Waals surface area contributed by atoms with Gasteiger partial charge in [0.15, 0.2) is 0 Å². The van der Waals surface area contributed by atoms with E-state index >= 15 is 0 Å². The Labute approximate surface area is 161 Å². The number of hydrogen-bond acceptors (Lipinski definition) is 1. The van der Waals surface area contributed by atoms with Crippen LogP contribution in [0.3, 0.4) is 0 Å². The summed E-state index contributed by atoms with van der Waals surface area (Å²) in [7, 11) is -1.62. The zero-order valence-corrected chi connectivity index (χ0v) is 18.4. The van der Waals surface area contributed by atoms with Crippen LogP contribution >= 0.6 is 0 Å². The number of anilines is 1. The number of hydrogen-bond donors (Lipinski definition) is 0. The van der Waals surface area contributed by atoms with E-state index in [1.165, 1.54) is 30.5 Å². The van der Waals surface area contributed by atoms with Crippen LogP contribution in [0.5, 0.6) is 0 Å². The van der Waals surface area contributed by atoms with Crippen molar-refractivity contribution in [3.63, 3.8) is 0 Å². The van der Waals surface area contributed by atoms with Crippen molar-refractivity contribution in [3.05, 3.63) is 66.2 Å². The van der Waals surface area contributed by atoms with Gasteiger partial charge in [-0.25, -0.2) is 0 Å². The molecule has 0 aliphatic carbocycles. The number of nitrogens with zero attached hydrogens (tertiary/aromatic N) is 1. The predicted molar refractivity (Wildman–Crippen MR) is 118 cm³/mol. The Bertz CT molecular complexity index is 669. The van der Waals surface area contributed by atoms with Crippen molar-refractivity contribution >= 4 is 13.8 Å². The molecule has 2 heteroatoms. The molecule has 0 amide bonds. The van der Waals surface area contributed by atoms with Crippen LogP contribution in [0.2, 0.25) is 18.1 Å². The van der Waals surface area contributed by atoms with Crippen molar-refractivity contribution in [3.8, 4) is 0 Å². The Morgan fingerprint density at radius 1 is 0.923 bits per heavy atom. The lowest BCUT2D eigenvalue weighted by Gasteiger charge is -2.44. The van der Waals surface area contributed by atoms with Crippen molar-refractivity contribution in [2.24, 2.45) is 0 Å². The third kappa shape index (κ3) is 2.92. The Morgan fingerprint density at radius 3 is 1.96 bits per heavy atom. The zero-order valence-electron chi connectivity index (χ0n) is 17.4. The number of benzene rings is 2. The van der Waals surface area contributed by atoms with Crippen LogP contribution < -0.4 is 4.90 Å². The van der Waals surface area contributed by atoms with Gasteiger partial charge in [0.2, 0.25) is 0 Å². The first-order chi connectivity index (χ1) is 12.3. The highest BCUT2D eigenvalue weighted by Gasteiger charge is 2.72. The van der Waals surface area contributed by atoms with Crippen molar-refractivity contribution in [1.82, 2.24) is 0 Å². The first-order valence-electron chi connectivity index (χ1n) is 10.2. The van der Waals surface area contributed by atoms with Gasteiger partial charge in [0.1, 0.15) is 0 Å². The first kappa shape index (κ1) is 19.2. The summed E-state index contributed by atoms with van der Waals surface area (Å²) in [5, 5.41) is 0.654. The van der Waals surface area contributed by atoms with Crippen LogP contribution in [-0.4, -0.2) is 13.2 Å². The maximum atomic E-state index is 2.77. The summed E-state index contributed by atoms with van der Waals surface area (Å²) < 4.78 is 0. The third-order valence-electron chi connectivity index (χ3n) is 7.09. The van der Waals surface area contributed by atoms with E-state index in [1.807, 2.05) is 0 Å². The smallest absolute Gasteiger partial charge is 0.0858 e. The fourth-order valence-electron chi connectivity index (χ4n) is 4.67.